The van der Waals surface area contributed by atoms with E-state index in [0.717, 1.165) is 22.6 Å². The van der Waals surface area contributed by atoms with Crippen LogP contribution < -0.4 is 5.32 Å². The van der Waals surface area contributed by atoms with Gasteiger partial charge < -0.3 is 5.32 Å². The van der Waals surface area contributed by atoms with E-state index >= 15 is 0 Å². The van der Waals surface area contributed by atoms with Gasteiger partial charge in [0, 0.05) is 24.7 Å². The Morgan fingerprint density at radius 1 is 1.22 bits per heavy atom. The van der Waals surface area contributed by atoms with Crippen LogP contribution in [0.5, 0.6) is 0 Å². The molecule has 4 heteroatoms. The molecule has 2 rings (SSSR count). The standard InChI is InChI=1S/C14H16FN3/c1-9-10(2)17-13(18-14(9)16-3)8-11-5-4-6-12(15)7-11/h4-7H,8H2,1-3H3,(H,16,17,18). The summed E-state index contributed by atoms with van der Waals surface area (Å²) in [5.74, 6) is 1.30. The Bertz CT molecular complexity index is 567. The molecule has 94 valence electrons. The fourth-order valence-electron chi connectivity index (χ4n) is 1.84. The topological polar surface area (TPSA) is 37.8 Å². The summed E-state index contributed by atoms with van der Waals surface area (Å²) in [4.78, 5) is 8.86. The molecule has 0 amide bonds. The molecule has 0 bridgehead atoms. The molecule has 0 aliphatic heterocycles. The summed E-state index contributed by atoms with van der Waals surface area (Å²) in [6, 6.07) is 6.52. The van der Waals surface area contributed by atoms with Crippen molar-refractivity contribution >= 4 is 5.82 Å². The van der Waals surface area contributed by atoms with Gasteiger partial charge in [0.1, 0.15) is 17.5 Å². The third-order valence-electron chi connectivity index (χ3n) is 2.92. The summed E-state index contributed by atoms with van der Waals surface area (Å²) < 4.78 is 13.1. The van der Waals surface area contributed by atoms with E-state index in [1.165, 1.54) is 12.1 Å². The van der Waals surface area contributed by atoms with Crippen LogP contribution >= 0.6 is 0 Å². The number of hydrogen-bond donors (Lipinski definition) is 1. The molecule has 0 saturated carbocycles. The van der Waals surface area contributed by atoms with Crippen molar-refractivity contribution < 1.29 is 4.39 Å². The fraction of sp³-hybridized carbons (Fsp3) is 0.286. The van der Waals surface area contributed by atoms with Crippen molar-refractivity contribution in [1.82, 2.24) is 9.97 Å². The third kappa shape index (κ3) is 2.64. The Balaban J connectivity index is 2.32. The van der Waals surface area contributed by atoms with Crippen LogP contribution in [0.3, 0.4) is 0 Å². The van der Waals surface area contributed by atoms with E-state index in [2.05, 4.69) is 15.3 Å². The second-order valence-electron chi connectivity index (χ2n) is 4.26. The maximum absolute atomic E-state index is 13.1. The number of halogens is 1. The largest absolute Gasteiger partial charge is 0.373 e. The molecule has 0 aliphatic carbocycles. The number of aryl methyl sites for hydroxylation is 1. The van der Waals surface area contributed by atoms with Crippen LogP contribution in [0.2, 0.25) is 0 Å². The lowest BCUT2D eigenvalue weighted by Crippen LogP contribution is -2.06. The van der Waals surface area contributed by atoms with Gasteiger partial charge in [-0.3, -0.25) is 0 Å². The van der Waals surface area contributed by atoms with Gasteiger partial charge >= 0.3 is 0 Å². The molecule has 0 unspecified atom stereocenters. The minimum absolute atomic E-state index is 0.231. The highest BCUT2D eigenvalue weighted by Gasteiger charge is 2.07. The molecule has 0 aliphatic rings. The molecule has 1 aromatic heterocycles. The van der Waals surface area contributed by atoms with E-state index in [1.54, 1.807) is 6.07 Å². The van der Waals surface area contributed by atoms with Crippen LogP contribution in [0, 0.1) is 19.7 Å². The first-order valence-corrected chi connectivity index (χ1v) is 5.86. The lowest BCUT2D eigenvalue weighted by molar-refractivity contribution is 0.625. The Hall–Kier alpha value is -1.97. The summed E-state index contributed by atoms with van der Waals surface area (Å²) in [5, 5.41) is 3.05. The average Bonchev–Trinajstić information content (AvgIpc) is 2.33. The second kappa shape index (κ2) is 5.12. The summed E-state index contributed by atoms with van der Waals surface area (Å²) in [7, 11) is 1.83. The highest BCUT2D eigenvalue weighted by atomic mass is 19.1. The average molecular weight is 245 g/mol. The van der Waals surface area contributed by atoms with E-state index in [0.29, 0.717) is 12.2 Å². The summed E-state index contributed by atoms with van der Waals surface area (Å²) in [5.41, 5.74) is 2.86. The monoisotopic (exact) mass is 245 g/mol. The minimum atomic E-state index is -0.231. The van der Waals surface area contributed by atoms with Crippen LogP contribution in [0.15, 0.2) is 24.3 Å². The molecule has 0 fully saturated rings. The number of hydrogen-bond acceptors (Lipinski definition) is 3. The molecule has 0 atom stereocenters. The molecule has 1 aromatic carbocycles. The SMILES string of the molecule is CNc1nc(Cc2cccc(F)c2)nc(C)c1C. The van der Waals surface area contributed by atoms with Crippen molar-refractivity contribution in [3.05, 3.63) is 52.7 Å². The van der Waals surface area contributed by atoms with Gasteiger partial charge in [-0.15, -0.1) is 0 Å². The molecule has 3 nitrogen and oxygen atoms in total. The number of benzene rings is 1. The van der Waals surface area contributed by atoms with Crippen molar-refractivity contribution in [1.29, 1.82) is 0 Å². The van der Waals surface area contributed by atoms with Gasteiger partial charge in [-0.2, -0.15) is 0 Å². The molecule has 18 heavy (non-hydrogen) atoms. The molecular weight excluding hydrogens is 229 g/mol. The summed E-state index contributed by atoms with van der Waals surface area (Å²) >= 11 is 0. The molecular formula is C14H16FN3. The fourth-order valence-corrected chi connectivity index (χ4v) is 1.84. The highest BCUT2D eigenvalue weighted by molar-refractivity contribution is 5.45. The van der Waals surface area contributed by atoms with Crippen molar-refractivity contribution in [3.8, 4) is 0 Å². The Morgan fingerprint density at radius 3 is 2.67 bits per heavy atom. The zero-order valence-corrected chi connectivity index (χ0v) is 10.8. The minimum Gasteiger partial charge on any atom is -0.373 e. The van der Waals surface area contributed by atoms with E-state index < -0.39 is 0 Å². The van der Waals surface area contributed by atoms with E-state index in [-0.39, 0.29) is 5.82 Å². The molecule has 0 spiro atoms. The molecule has 0 radical (unpaired) electrons. The summed E-state index contributed by atoms with van der Waals surface area (Å²) in [6.07, 6.45) is 0.535. The first-order chi connectivity index (χ1) is 8.60. The lowest BCUT2D eigenvalue weighted by atomic mass is 10.1. The van der Waals surface area contributed by atoms with Crippen LogP contribution in [-0.4, -0.2) is 17.0 Å². The van der Waals surface area contributed by atoms with Crippen molar-refractivity contribution in [2.24, 2.45) is 0 Å². The quantitative estimate of drug-likeness (QED) is 0.903. The van der Waals surface area contributed by atoms with Gasteiger partial charge in [0.25, 0.3) is 0 Å². The first-order valence-electron chi connectivity index (χ1n) is 5.86. The Labute approximate surface area is 106 Å². The second-order valence-corrected chi connectivity index (χ2v) is 4.26. The van der Waals surface area contributed by atoms with Gasteiger partial charge in [-0.1, -0.05) is 12.1 Å². The number of aromatic nitrogens is 2. The zero-order chi connectivity index (χ0) is 13.1. The molecule has 2 aromatic rings. The van der Waals surface area contributed by atoms with Gasteiger partial charge in [-0.25, -0.2) is 14.4 Å². The number of nitrogens with one attached hydrogen (secondary N) is 1. The molecule has 1 N–H and O–H groups in total. The Morgan fingerprint density at radius 2 is 2.00 bits per heavy atom. The van der Waals surface area contributed by atoms with Crippen LogP contribution in [0.25, 0.3) is 0 Å². The number of nitrogens with zero attached hydrogens (tertiary/aromatic N) is 2. The highest BCUT2D eigenvalue weighted by Crippen LogP contribution is 2.16. The maximum atomic E-state index is 13.1. The van der Waals surface area contributed by atoms with Crippen molar-refractivity contribution in [3.63, 3.8) is 0 Å². The smallest absolute Gasteiger partial charge is 0.135 e. The lowest BCUT2D eigenvalue weighted by Gasteiger charge is -2.09. The number of rotatable bonds is 3. The molecule has 1 heterocycles. The predicted molar refractivity (Wildman–Crippen MR) is 70.3 cm³/mol. The normalized spacial score (nSPS) is 10.4. The van der Waals surface area contributed by atoms with Crippen molar-refractivity contribution in [2.45, 2.75) is 20.3 Å². The van der Waals surface area contributed by atoms with Crippen LogP contribution in [0.1, 0.15) is 22.6 Å². The van der Waals surface area contributed by atoms with Crippen LogP contribution in [0.4, 0.5) is 10.2 Å². The van der Waals surface area contributed by atoms with Gasteiger partial charge in [0.2, 0.25) is 0 Å². The summed E-state index contributed by atoms with van der Waals surface area (Å²) in [6.45, 7) is 3.93. The third-order valence-corrected chi connectivity index (χ3v) is 2.92. The number of anilines is 1. The zero-order valence-electron chi connectivity index (χ0n) is 10.8. The van der Waals surface area contributed by atoms with Crippen molar-refractivity contribution in [2.75, 3.05) is 12.4 Å². The Kier molecular flexibility index (Phi) is 3.55. The van der Waals surface area contributed by atoms with Gasteiger partial charge in [0.05, 0.1) is 0 Å². The van der Waals surface area contributed by atoms with Gasteiger partial charge in [-0.05, 0) is 31.5 Å². The predicted octanol–water partition coefficient (Wildman–Crippen LogP) is 2.87. The van der Waals surface area contributed by atoms with E-state index in [4.69, 9.17) is 0 Å². The van der Waals surface area contributed by atoms with E-state index in [9.17, 15) is 4.39 Å². The first kappa shape index (κ1) is 12.5. The van der Waals surface area contributed by atoms with E-state index in [1.807, 2.05) is 27.0 Å². The van der Waals surface area contributed by atoms with Gasteiger partial charge in [0.15, 0.2) is 0 Å². The molecule has 0 saturated heterocycles. The maximum Gasteiger partial charge on any atom is 0.135 e. The van der Waals surface area contributed by atoms with Crippen LogP contribution in [-0.2, 0) is 6.42 Å².